The van der Waals surface area contributed by atoms with E-state index in [0.29, 0.717) is 6.42 Å². The maximum Gasteiger partial charge on any atom is 0.163 e. The Morgan fingerprint density at radius 1 is 1.50 bits per heavy atom. The average molecular weight is 224 g/mol. The summed E-state index contributed by atoms with van der Waals surface area (Å²) < 4.78 is 10.6. The molecule has 0 heterocycles. The van der Waals surface area contributed by atoms with Gasteiger partial charge in [-0.2, -0.15) is 0 Å². The molecule has 16 heavy (non-hydrogen) atoms. The van der Waals surface area contributed by atoms with E-state index in [9.17, 15) is 4.79 Å². The molecular formula is C13H20O3. The quantitative estimate of drug-likeness (QED) is 0.543. The van der Waals surface area contributed by atoms with Gasteiger partial charge in [-0.15, -0.1) is 0 Å². The Balaban J connectivity index is 3.00. The van der Waals surface area contributed by atoms with Crippen molar-refractivity contribution < 1.29 is 14.3 Å². The number of Topliss-reactive ketones (excluding diaryl/α,β-unsaturated/α-hetero) is 1. The summed E-state index contributed by atoms with van der Waals surface area (Å²) >= 11 is 0. The van der Waals surface area contributed by atoms with E-state index in [1.165, 1.54) is 0 Å². The van der Waals surface area contributed by atoms with Gasteiger partial charge in [0.25, 0.3) is 0 Å². The first kappa shape index (κ1) is 13.1. The fourth-order valence-electron chi connectivity index (χ4n) is 2.18. The van der Waals surface area contributed by atoms with Crippen LogP contribution < -0.4 is 0 Å². The molecule has 0 fully saturated rings. The van der Waals surface area contributed by atoms with Crippen LogP contribution in [0.3, 0.4) is 0 Å². The van der Waals surface area contributed by atoms with Gasteiger partial charge in [0, 0.05) is 26.6 Å². The van der Waals surface area contributed by atoms with Crippen molar-refractivity contribution in [1.29, 1.82) is 0 Å². The second kappa shape index (κ2) is 5.41. The van der Waals surface area contributed by atoms with Crippen LogP contribution in [0.15, 0.2) is 23.8 Å². The Hall–Kier alpha value is -0.930. The second-order valence-corrected chi connectivity index (χ2v) is 4.35. The average Bonchev–Trinajstić information content (AvgIpc) is 2.24. The highest BCUT2D eigenvalue weighted by Crippen LogP contribution is 2.34. The van der Waals surface area contributed by atoms with E-state index in [-0.39, 0.29) is 23.9 Å². The van der Waals surface area contributed by atoms with Crippen molar-refractivity contribution in [2.75, 3.05) is 14.2 Å². The molecule has 0 N–H and O–H groups in total. The third kappa shape index (κ3) is 2.60. The van der Waals surface area contributed by atoms with E-state index in [1.807, 2.05) is 19.9 Å². The molecule has 3 heteroatoms. The lowest BCUT2D eigenvalue weighted by molar-refractivity contribution is -0.139. The zero-order valence-corrected chi connectivity index (χ0v) is 10.4. The molecule has 0 bridgehead atoms. The number of methoxy groups -OCH3 is 2. The van der Waals surface area contributed by atoms with Crippen LogP contribution in [-0.4, -0.2) is 26.3 Å². The van der Waals surface area contributed by atoms with Crippen LogP contribution in [0.5, 0.6) is 0 Å². The first-order valence-electron chi connectivity index (χ1n) is 5.43. The molecule has 1 rings (SSSR count). The Kier molecular flexibility index (Phi) is 4.44. The molecule has 90 valence electrons. The highest BCUT2D eigenvalue weighted by atomic mass is 16.7. The fourth-order valence-corrected chi connectivity index (χ4v) is 2.18. The zero-order chi connectivity index (χ0) is 12.3. The van der Waals surface area contributed by atoms with Crippen LogP contribution >= 0.6 is 0 Å². The van der Waals surface area contributed by atoms with Crippen LogP contribution in [0.25, 0.3) is 0 Å². The van der Waals surface area contributed by atoms with Gasteiger partial charge >= 0.3 is 0 Å². The van der Waals surface area contributed by atoms with Gasteiger partial charge in [0.2, 0.25) is 0 Å². The molecule has 3 nitrogen and oxygen atoms in total. The summed E-state index contributed by atoms with van der Waals surface area (Å²) in [6.45, 7) is 7.73. The Bertz CT molecular complexity index is 313. The van der Waals surface area contributed by atoms with E-state index < -0.39 is 0 Å². The van der Waals surface area contributed by atoms with Crippen LogP contribution in [0.1, 0.15) is 20.3 Å². The van der Waals surface area contributed by atoms with Crippen molar-refractivity contribution in [3.8, 4) is 0 Å². The van der Waals surface area contributed by atoms with Crippen molar-refractivity contribution in [3.05, 3.63) is 23.8 Å². The largest absolute Gasteiger partial charge is 0.355 e. The summed E-state index contributed by atoms with van der Waals surface area (Å²) in [6.07, 6.45) is 2.14. The van der Waals surface area contributed by atoms with Crippen LogP contribution in [0.2, 0.25) is 0 Å². The Labute approximate surface area is 97.1 Å². The molecule has 0 aromatic rings. The number of ether oxygens (including phenoxy) is 2. The summed E-state index contributed by atoms with van der Waals surface area (Å²) in [7, 11) is 3.23. The minimum Gasteiger partial charge on any atom is -0.355 e. The highest BCUT2D eigenvalue weighted by Gasteiger charge is 2.34. The summed E-state index contributed by atoms with van der Waals surface area (Å²) in [6, 6.07) is 0. The van der Waals surface area contributed by atoms with Crippen molar-refractivity contribution >= 4 is 5.78 Å². The zero-order valence-electron chi connectivity index (χ0n) is 10.4. The molecule has 0 unspecified atom stereocenters. The molecular weight excluding hydrogens is 204 g/mol. The predicted molar refractivity (Wildman–Crippen MR) is 63.0 cm³/mol. The monoisotopic (exact) mass is 224 g/mol. The Morgan fingerprint density at radius 2 is 2.06 bits per heavy atom. The lowest BCUT2D eigenvalue weighted by Crippen LogP contribution is -2.34. The minimum absolute atomic E-state index is 0.0743. The van der Waals surface area contributed by atoms with E-state index in [2.05, 4.69) is 6.58 Å². The summed E-state index contributed by atoms with van der Waals surface area (Å²) in [5.74, 6) is 0.376. The highest BCUT2D eigenvalue weighted by molar-refractivity contribution is 5.96. The number of carbonyl (C=O) groups excluding carboxylic acids is 1. The maximum atomic E-state index is 11.7. The number of ketones is 1. The van der Waals surface area contributed by atoms with E-state index in [0.717, 1.165) is 11.1 Å². The molecule has 1 aliphatic carbocycles. The van der Waals surface area contributed by atoms with Gasteiger partial charge in [-0.1, -0.05) is 18.2 Å². The number of rotatable bonds is 4. The molecule has 0 saturated carbocycles. The molecule has 0 amide bonds. The molecule has 0 radical (unpaired) electrons. The number of hydrogen-bond acceptors (Lipinski definition) is 3. The van der Waals surface area contributed by atoms with E-state index >= 15 is 0 Å². The van der Waals surface area contributed by atoms with Crippen LogP contribution in [0.4, 0.5) is 0 Å². The summed E-state index contributed by atoms with van der Waals surface area (Å²) in [4.78, 5) is 11.7. The summed E-state index contributed by atoms with van der Waals surface area (Å²) in [5, 5.41) is 0. The normalized spacial score (nSPS) is 25.8. The fraction of sp³-hybridized carbons (Fsp3) is 0.615. The maximum absolute atomic E-state index is 11.7. The molecule has 0 aliphatic heterocycles. The van der Waals surface area contributed by atoms with Crippen LogP contribution in [-0.2, 0) is 14.3 Å². The van der Waals surface area contributed by atoms with Gasteiger partial charge in [0.05, 0.1) is 0 Å². The molecule has 1 aliphatic rings. The molecule has 0 aromatic carbocycles. The number of allylic oxidation sites excluding steroid dienone is 2. The lowest BCUT2D eigenvalue weighted by Gasteiger charge is -2.33. The second-order valence-electron chi connectivity index (χ2n) is 4.35. The van der Waals surface area contributed by atoms with Gasteiger partial charge in [-0.3, -0.25) is 4.79 Å². The van der Waals surface area contributed by atoms with Gasteiger partial charge in [0.1, 0.15) is 0 Å². The van der Waals surface area contributed by atoms with Crippen molar-refractivity contribution in [3.63, 3.8) is 0 Å². The SMILES string of the molecule is C=C(C)[C@@H]1CC(=O)C(C)=C[C@H]1C(OC)OC. The van der Waals surface area contributed by atoms with Crippen molar-refractivity contribution in [2.45, 2.75) is 26.6 Å². The molecule has 0 saturated heterocycles. The van der Waals surface area contributed by atoms with Gasteiger partial charge in [0.15, 0.2) is 12.1 Å². The molecule has 0 aromatic heterocycles. The van der Waals surface area contributed by atoms with Gasteiger partial charge in [-0.05, 0) is 25.3 Å². The standard InChI is InChI=1S/C13H20O3/c1-8(2)10-7-12(14)9(3)6-11(10)13(15-4)16-5/h6,10-11,13H,1,7H2,2-5H3/t10-,11+/m0/s1. The predicted octanol–water partition coefficient (Wildman–Crippen LogP) is 2.33. The topological polar surface area (TPSA) is 35.5 Å². The van der Waals surface area contributed by atoms with Gasteiger partial charge < -0.3 is 9.47 Å². The first-order valence-corrected chi connectivity index (χ1v) is 5.43. The lowest BCUT2D eigenvalue weighted by atomic mass is 9.76. The smallest absolute Gasteiger partial charge is 0.163 e. The summed E-state index contributed by atoms with van der Waals surface area (Å²) in [5.41, 5.74) is 1.79. The van der Waals surface area contributed by atoms with Crippen molar-refractivity contribution in [2.24, 2.45) is 11.8 Å². The third-order valence-corrected chi connectivity index (χ3v) is 3.16. The minimum atomic E-state index is -0.315. The van der Waals surface area contributed by atoms with Gasteiger partial charge in [-0.25, -0.2) is 0 Å². The van der Waals surface area contributed by atoms with E-state index in [1.54, 1.807) is 14.2 Å². The Morgan fingerprint density at radius 3 is 2.50 bits per heavy atom. The van der Waals surface area contributed by atoms with E-state index in [4.69, 9.17) is 9.47 Å². The molecule has 0 spiro atoms. The first-order chi connectivity index (χ1) is 7.51. The third-order valence-electron chi connectivity index (χ3n) is 3.16. The van der Waals surface area contributed by atoms with Crippen molar-refractivity contribution in [1.82, 2.24) is 0 Å². The number of carbonyl (C=O) groups is 1. The number of hydrogen-bond donors (Lipinski definition) is 0. The molecule has 2 atom stereocenters. The van der Waals surface area contributed by atoms with Crippen LogP contribution in [0, 0.1) is 11.8 Å².